The van der Waals surface area contributed by atoms with Gasteiger partial charge in [0, 0.05) is 18.3 Å². The molecule has 0 aliphatic carbocycles. The van der Waals surface area contributed by atoms with Crippen LogP contribution in [0.5, 0.6) is 0 Å². The van der Waals surface area contributed by atoms with Gasteiger partial charge >= 0.3 is 0 Å². The van der Waals surface area contributed by atoms with Crippen molar-refractivity contribution in [2.24, 2.45) is 0 Å². The molecule has 0 N–H and O–H groups in total. The maximum absolute atomic E-state index is 13.1. The van der Waals surface area contributed by atoms with Crippen LogP contribution in [0.4, 0.5) is 0 Å². The van der Waals surface area contributed by atoms with E-state index in [0.29, 0.717) is 24.5 Å². The lowest BCUT2D eigenvalue weighted by Crippen LogP contribution is -2.41. The molecule has 1 amide bonds. The fraction of sp³-hybridized carbons (Fsp3) is 0.263. The number of benzene rings is 1. The second-order valence-electron chi connectivity index (χ2n) is 6.12. The molecule has 26 heavy (non-hydrogen) atoms. The number of fused-ring (bicyclic) bond motifs is 1. The zero-order valence-corrected chi connectivity index (χ0v) is 15.5. The van der Waals surface area contributed by atoms with Gasteiger partial charge in [-0.3, -0.25) is 4.79 Å². The highest BCUT2D eigenvalue weighted by atomic mass is 32.2. The quantitative estimate of drug-likeness (QED) is 0.667. The van der Waals surface area contributed by atoms with Crippen molar-refractivity contribution in [1.82, 2.24) is 24.6 Å². The molecule has 1 atom stereocenters. The van der Waals surface area contributed by atoms with Crippen LogP contribution in [-0.2, 0) is 6.54 Å². The van der Waals surface area contributed by atoms with Gasteiger partial charge in [-0.2, -0.15) is 5.10 Å². The Bertz CT molecular complexity index is 940. The first kappa shape index (κ1) is 16.8. The van der Waals surface area contributed by atoms with Gasteiger partial charge in [0.25, 0.3) is 5.91 Å². The fourth-order valence-corrected chi connectivity index (χ4v) is 3.76. The summed E-state index contributed by atoms with van der Waals surface area (Å²) in [4.78, 5) is 24.0. The summed E-state index contributed by atoms with van der Waals surface area (Å²) in [6, 6.07) is 13.4. The summed E-state index contributed by atoms with van der Waals surface area (Å²) in [5.74, 6) is 1.51. The van der Waals surface area contributed by atoms with Crippen molar-refractivity contribution >= 4 is 17.7 Å². The molecule has 0 fully saturated rings. The van der Waals surface area contributed by atoms with Crippen molar-refractivity contribution in [3.05, 3.63) is 60.0 Å². The summed E-state index contributed by atoms with van der Waals surface area (Å²) in [6.07, 6.45) is 3.65. The van der Waals surface area contributed by atoms with E-state index in [1.54, 1.807) is 12.3 Å². The van der Waals surface area contributed by atoms with Gasteiger partial charge < -0.3 is 4.90 Å². The summed E-state index contributed by atoms with van der Waals surface area (Å²) in [6.45, 7) is 3.24. The maximum Gasteiger partial charge on any atom is 0.257 e. The van der Waals surface area contributed by atoms with E-state index in [-0.39, 0.29) is 11.9 Å². The van der Waals surface area contributed by atoms with E-state index >= 15 is 0 Å². The molecule has 3 aromatic rings. The zero-order chi connectivity index (χ0) is 18.1. The molecule has 0 saturated carbocycles. The molecule has 7 heteroatoms. The van der Waals surface area contributed by atoms with E-state index < -0.39 is 0 Å². The molecular formula is C19H19N5OS. The van der Waals surface area contributed by atoms with Gasteiger partial charge in [0.1, 0.15) is 10.9 Å². The molecule has 0 spiro atoms. The minimum Gasteiger partial charge on any atom is -0.327 e. The number of thioether (sulfide) groups is 1. The summed E-state index contributed by atoms with van der Waals surface area (Å²) < 4.78 is 1.91. The highest BCUT2D eigenvalue weighted by molar-refractivity contribution is 7.98. The first-order valence-electron chi connectivity index (χ1n) is 8.49. The number of hydrogen-bond acceptors (Lipinski definition) is 5. The lowest BCUT2D eigenvalue weighted by Gasteiger charge is -2.33. The number of carbonyl (C=O) groups is 1. The van der Waals surface area contributed by atoms with Gasteiger partial charge in [0.05, 0.1) is 18.2 Å². The molecule has 132 valence electrons. The van der Waals surface area contributed by atoms with Crippen LogP contribution in [0.1, 0.15) is 29.1 Å². The Morgan fingerprint density at radius 3 is 2.73 bits per heavy atom. The molecule has 0 radical (unpaired) electrons. The van der Waals surface area contributed by atoms with Crippen LogP contribution in [0, 0.1) is 0 Å². The molecule has 0 bridgehead atoms. The first-order chi connectivity index (χ1) is 12.7. The average Bonchev–Trinajstić information content (AvgIpc) is 3.14. The van der Waals surface area contributed by atoms with Crippen molar-refractivity contribution in [3.8, 4) is 11.4 Å². The predicted octanol–water partition coefficient (Wildman–Crippen LogP) is 3.28. The molecule has 3 heterocycles. The van der Waals surface area contributed by atoms with E-state index in [2.05, 4.69) is 10.1 Å². The Morgan fingerprint density at radius 1 is 1.15 bits per heavy atom. The molecule has 1 aliphatic rings. The Labute approximate surface area is 156 Å². The topological polar surface area (TPSA) is 63.9 Å². The third-order valence-corrected chi connectivity index (χ3v) is 5.29. The van der Waals surface area contributed by atoms with Gasteiger partial charge in [-0.15, -0.1) is 11.8 Å². The number of aromatic nitrogens is 4. The average molecular weight is 365 g/mol. The SMILES string of the molecule is CSc1ncccc1C(=O)N1CCn2nc(-c3ccccc3)nc2[C@@H]1C. The zero-order valence-electron chi connectivity index (χ0n) is 14.7. The number of amides is 1. The Balaban J connectivity index is 1.65. The Morgan fingerprint density at radius 2 is 1.96 bits per heavy atom. The summed E-state index contributed by atoms with van der Waals surface area (Å²) in [7, 11) is 0. The highest BCUT2D eigenvalue weighted by Crippen LogP contribution is 2.29. The van der Waals surface area contributed by atoms with E-state index in [0.717, 1.165) is 16.4 Å². The molecule has 2 aromatic heterocycles. The fourth-order valence-electron chi connectivity index (χ4n) is 3.22. The van der Waals surface area contributed by atoms with E-state index in [9.17, 15) is 4.79 Å². The molecular weight excluding hydrogens is 346 g/mol. The van der Waals surface area contributed by atoms with Gasteiger partial charge in [0.15, 0.2) is 5.82 Å². The third kappa shape index (κ3) is 2.88. The van der Waals surface area contributed by atoms with Crippen LogP contribution in [0.2, 0.25) is 0 Å². The normalized spacial score (nSPS) is 16.4. The van der Waals surface area contributed by atoms with Crippen LogP contribution >= 0.6 is 11.8 Å². The second kappa shape index (κ2) is 6.92. The minimum absolute atomic E-state index is 0.00883. The van der Waals surface area contributed by atoms with Crippen LogP contribution in [-0.4, -0.2) is 43.4 Å². The van der Waals surface area contributed by atoms with Crippen molar-refractivity contribution in [2.75, 3.05) is 12.8 Å². The largest absolute Gasteiger partial charge is 0.327 e. The smallest absolute Gasteiger partial charge is 0.257 e. The van der Waals surface area contributed by atoms with Crippen molar-refractivity contribution in [2.45, 2.75) is 24.5 Å². The maximum atomic E-state index is 13.1. The van der Waals surface area contributed by atoms with Gasteiger partial charge in [-0.05, 0) is 25.3 Å². The summed E-state index contributed by atoms with van der Waals surface area (Å²) >= 11 is 1.48. The monoisotopic (exact) mass is 365 g/mol. The second-order valence-corrected chi connectivity index (χ2v) is 6.91. The Kier molecular flexibility index (Phi) is 4.46. The summed E-state index contributed by atoms with van der Waals surface area (Å²) in [5, 5.41) is 5.37. The number of hydrogen-bond donors (Lipinski definition) is 0. The number of pyridine rings is 1. The number of carbonyl (C=O) groups excluding carboxylic acids is 1. The lowest BCUT2D eigenvalue weighted by molar-refractivity contribution is 0.0626. The standard InChI is InChI=1S/C19H19N5OS/c1-13-17-21-16(14-7-4-3-5-8-14)22-24(17)12-11-23(13)19(25)15-9-6-10-20-18(15)26-2/h3-10,13H,11-12H2,1-2H3/t13-/m0/s1. The van der Waals surface area contributed by atoms with Crippen LogP contribution in [0.3, 0.4) is 0 Å². The molecule has 4 rings (SSSR count). The van der Waals surface area contributed by atoms with Gasteiger partial charge in [0.2, 0.25) is 0 Å². The lowest BCUT2D eigenvalue weighted by atomic mass is 10.1. The highest BCUT2D eigenvalue weighted by Gasteiger charge is 2.32. The number of rotatable bonds is 3. The third-order valence-electron chi connectivity index (χ3n) is 4.58. The molecule has 0 unspecified atom stereocenters. The van der Waals surface area contributed by atoms with Crippen molar-refractivity contribution in [3.63, 3.8) is 0 Å². The van der Waals surface area contributed by atoms with Crippen molar-refractivity contribution in [1.29, 1.82) is 0 Å². The van der Waals surface area contributed by atoms with Crippen LogP contribution in [0.25, 0.3) is 11.4 Å². The molecule has 1 aromatic carbocycles. The van der Waals surface area contributed by atoms with E-state index in [4.69, 9.17) is 4.98 Å². The van der Waals surface area contributed by atoms with E-state index in [1.165, 1.54) is 11.8 Å². The van der Waals surface area contributed by atoms with Crippen molar-refractivity contribution < 1.29 is 4.79 Å². The minimum atomic E-state index is -0.142. The first-order valence-corrected chi connectivity index (χ1v) is 9.71. The molecule has 0 saturated heterocycles. The van der Waals surface area contributed by atoms with Gasteiger partial charge in [-0.25, -0.2) is 14.6 Å². The van der Waals surface area contributed by atoms with Gasteiger partial charge in [-0.1, -0.05) is 30.3 Å². The molecule has 6 nitrogen and oxygen atoms in total. The van der Waals surface area contributed by atoms with Crippen LogP contribution < -0.4 is 0 Å². The summed E-state index contributed by atoms with van der Waals surface area (Å²) in [5.41, 5.74) is 1.62. The Hall–Kier alpha value is -2.67. The van der Waals surface area contributed by atoms with E-state index in [1.807, 2.05) is 59.2 Å². The molecule has 1 aliphatic heterocycles. The predicted molar refractivity (Wildman–Crippen MR) is 101 cm³/mol. The van der Waals surface area contributed by atoms with Crippen LogP contribution in [0.15, 0.2) is 53.7 Å². The number of nitrogens with zero attached hydrogens (tertiary/aromatic N) is 5.